The Morgan fingerprint density at radius 3 is 2.41 bits per heavy atom. The number of phenolic OH excluding ortho intramolecular Hbond substituents is 1. The standard InChI is InChI=1S/C25H24F3N3O6/c1-11-12(2)21(34)24(3)16(20(11)33)10-17-14(7-8-30-22(35)29(4)23(36)31(17)30)19(24)15-9-13(5-6-18(15)32)37-25(26,27)28/h5-7,9,16-17,19,32H,8,10H2,1-4H3/t16-,17+,19+,24+/m0/s1. The molecule has 3 aliphatic rings. The lowest BCUT2D eigenvalue weighted by atomic mass is 9.50. The molecule has 0 radical (unpaired) electrons. The van der Waals surface area contributed by atoms with E-state index in [0.717, 1.165) is 22.8 Å². The Labute approximate surface area is 208 Å². The average molecular weight is 519 g/mol. The van der Waals surface area contributed by atoms with E-state index in [-0.39, 0.29) is 41.2 Å². The number of aromatic hydroxyl groups is 1. The van der Waals surface area contributed by atoms with Gasteiger partial charge in [-0.2, -0.15) is 0 Å². The minimum absolute atomic E-state index is 0.0247. The number of phenols is 1. The number of halogens is 3. The van der Waals surface area contributed by atoms with E-state index in [1.54, 1.807) is 13.0 Å². The molecule has 0 bridgehead atoms. The second kappa shape index (κ2) is 7.83. The first-order valence-electron chi connectivity index (χ1n) is 11.6. The first-order chi connectivity index (χ1) is 17.2. The summed E-state index contributed by atoms with van der Waals surface area (Å²) in [4.78, 5) is 53.1. The molecule has 1 N–H and O–H groups in total. The first-order valence-corrected chi connectivity index (χ1v) is 11.6. The summed E-state index contributed by atoms with van der Waals surface area (Å²) in [5.74, 6) is -3.74. The summed E-state index contributed by atoms with van der Waals surface area (Å²) in [5, 5.41) is 10.8. The van der Waals surface area contributed by atoms with Gasteiger partial charge in [-0.15, -0.1) is 13.2 Å². The third-order valence-corrected chi connectivity index (χ3v) is 8.17. The summed E-state index contributed by atoms with van der Waals surface area (Å²) >= 11 is 0. The fourth-order valence-corrected chi connectivity index (χ4v) is 6.26. The molecule has 1 aromatic carbocycles. The van der Waals surface area contributed by atoms with E-state index >= 15 is 0 Å². The number of ether oxygens (including phenoxy) is 1. The van der Waals surface area contributed by atoms with Gasteiger partial charge in [0.1, 0.15) is 11.5 Å². The van der Waals surface area contributed by atoms with E-state index in [1.165, 1.54) is 30.3 Å². The van der Waals surface area contributed by atoms with Crippen LogP contribution in [0, 0.1) is 11.3 Å². The number of hydrogen-bond acceptors (Lipinski definition) is 6. The molecule has 0 amide bonds. The van der Waals surface area contributed by atoms with Crippen LogP contribution in [0.4, 0.5) is 13.2 Å². The number of benzene rings is 1. The van der Waals surface area contributed by atoms with Crippen LogP contribution in [0.2, 0.25) is 0 Å². The summed E-state index contributed by atoms with van der Waals surface area (Å²) in [5.41, 5.74) is -1.74. The Morgan fingerprint density at radius 1 is 1.08 bits per heavy atom. The molecule has 4 atom stereocenters. The lowest BCUT2D eigenvalue weighted by molar-refractivity contribution is -0.274. The van der Waals surface area contributed by atoms with Crippen molar-refractivity contribution in [1.29, 1.82) is 0 Å². The molecule has 0 saturated heterocycles. The van der Waals surface area contributed by atoms with Gasteiger partial charge in [0.2, 0.25) is 0 Å². The highest BCUT2D eigenvalue weighted by molar-refractivity contribution is 6.15. The Balaban J connectivity index is 1.80. The molecule has 5 rings (SSSR count). The fraction of sp³-hybridized carbons (Fsp3) is 0.440. The molecule has 2 aromatic rings. The number of nitrogens with zero attached hydrogens (tertiary/aromatic N) is 3. The normalized spacial score (nSPS) is 27.4. The molecule has 1 aromatic heterocycles. The van der Waals surface area contributed by atoms with E-state index in [2.05, 4.69) is 4.74 Å². The van der Waals surface area contributed by atoms with E-state index in [1.807, 2.05) is 0 Å². The number of allylic oxidation sites excluding steroid dienone is 4. The summed E-state index contributed by atoms with van der Waals surface area (Å²) in [6.07, 6.45) is -3.33. The van der Waals surface area contributed by atoms with Crippen molar-refractivity contribution >= 4 is 11.6 Å². The van der Waals surface area contributed by atoms with Crippen LogP contribution < -0.4 is 16.1 Å². The van der Waals surface area contributed by atoms with Crippen LogP contribution in [0.25, 0.3) is 0 Å². The molecular weight excluding hydrogens is 495 g/mol. The van der Waals surface area contributed by atoms with E-state index < -0.39 is 52.5 Å². The molecule has 2 heterocycles. The molecule has 1 aliphatic heterocycles. The zero-order valence-electron chi connectivity index (χ0n) is 20.4. The number of hydrogen-bond donors (Lipinski definition) is 1. The van der Waals surface area contributed by atoms with Gasteiger partial charge in [-0.3, -0.25) is 9.59 Å². The molecule has 9 nitrogen and oxygen atoms in total. The van der Waals surface area contributed by atoms with Gasteiger partial charge in [0.25, 0.3) is 0 Å². The molecule has 0 spiro atoms. The predicted octanol–water partition coefficient (Wildman–Crippen LogP) is 2.73. The van der Waals surface area contributed by atoms with Gasteiger partial charge in [0.15, 0.2) is 11.6 Å². The van der Waals surface area contributed by atoms with Crippen LogP contribution in [0.3, 0.4) is 0 Å². The summed E-state index contributed by atoms with van der Waals surface area (Å²) in [6, 6.07) is 2.15. The van der Waals surface area contributed by atoms with E-state index in [9.17, 15) is 37.5 Å². The lowest BCUT2D eigenvalue weighted by Gasteiger charge is -2.53. The number of carbonyl (C=O) groups excluding carboxylic acids is 2. The molecule has 37 heavy (non-hydrogen) atoms. The smallest absolute Gasteiger partial charge is 0.508 e. The van der Waals surface area contributed by atoms with Crippen molar-refractivity contribution in [3.8, 4) is 11.5 Å². The van der Waals surface area contributed by atoms with Crippen LogP contribution in [0.15, 0.2) is 50.6 Å². The number of aromatic nitrogens is 3. The molecule has 2 aliphatic carbocycles. The van der Waals surface area contributed by atoms with Crippen molar-refractivity contribution in [3.63, 3.8) is 0 Å². The van der Waals surface area contributed by atoms with Crippen molar-refractivity contribution in [2.75, 3.05) is 0 Å². The Morgan fingerprint density at radius 2 is 1.76 bits per heavy atom. The van der Waals surface area contributed by atoms with Crippen molar-refractivity contribution < 1.29 is 32.6 Å². The number of fused-ring (bicyclic) bond motifs is 4. The van der Waals surface area contributed by atoms with Crippen LogP contribution >= 0.6 is 0 Å². The highest BCUT2D eigenvalue weighted by atomic mass is 19.4. The second-order valence-electron chi connectivity index (χ2n) is 9.99. The zero-order valence-corrected chi connectivity index (χ0v) is 20.4. The maximum Gasteiger partial charge on any atom is 0.573 e. The highest BCUT2D eigenvalue weighted by Gasteiger charge is 2.61. The molecule has 1 saturated carbocycles. The second-order valence-corrected chi connectivity index (χ2v) is 9.99. The minimum Gasteiger partial charge on any atom is -0.508 e. The van der Waals surface area contributed by atoms with Gasteiger partial charge in [-0.1, -0.05) is 13.0 Å². The van der Waals surface area contributed by atoms with Crippen LogP contribution in [-0.2, 0) is 23.2 Å². The first kappa shape index (κ1) is 24.8. The lowest BCUT2D eigenvalue weighted by Crippen LogP contribution is -2.55. The molecular formula is C25H24F3N3O6. The largest absolute Gasteiger partial charge is 0.573 e. The fourth-order valence-electron chi connectivity index (χ4n) is 6.26. The average Bonchev–Trinajstić information content (AvgIpc) is 3.05. The van der Waals surface area contributed by atoms with Crippen LogP contribution in [-0.4, -0.2) is 37.0 Å². The van der Waals surface area contributed by atoms with Crippen molar-refractivity contribution in [3.05, 3.63) is 67.5 Å². The summed E-state index contributed by atoms with van der Waals surface area (Å²) < 4.78 is 46.5. The third kappa shape index (κ3) is 3.37. The van der Waals surface area contributed by atoms with Crippen molar-refractivity contribution in [1.82, 2.24) is 13.9 Å². The monoisotopic (exact) mass is 519 g/mol. The number of rotatable bonds is 2. The molecule has 0 unspecified atom stereocenters. The minimum atomic E-state index is -5.00. The number of Topliss-reactive ketones (excluding diaryl/α,β-unsaturated/α-hetero) is 2. The van der Waals surface area contributed by atoms with Gasteiger partial charge >= 0.3 is 17.7 Å². The summed E-state index contributed by atoms with van der Waals surface area (Å²) in [7, 11) is 1.32. The quantitative estimate of drug-likeness (QED) is 0.611. The van der Waals surface area contributed by atoms with Crippen LogP contribution in [0.5, 0.6) is 11.5 Å². The maximum absolute atomic E-state index is 13.8. The van der Waals surface area contributed by atoms with Gasteiger partial charge in [0.05, 0.1) is 18.0 Å². The number of alkyl halides is 3. The predicted molar refractivity (Wildman–Crippen MR) is 123 cm³/mol. The van der Waals surface area contributed by atoms with Gasteiger partial charge in [0, 0.05) is 24.4 Å². The van der Waals surface area contributed by atoms with Crippen molar-refractivity contribution in [2.24, 2.45) is 18.4 Å². The highest BCUT2D eigenvalue weighted by Crippen LogP contribution is 2.61. The zero-order chi connectivity index (χ0) is 27.2. The number of carbonyl (C=O) groups is 2. The molecule has 12 heteroatoms. The van der Waals surface area contributed by atoms with Gasteiger partial charge < -0.3 is 9.84 Å². The maximum atomic E-state index is 13.8. The SMILES string of the molecule is CC1=C(C)C(=O)[C@@]2(C)[C@@H](c3cc(OC(F)(F)F)ccc3O)C3=CCn4c(=O)n(C)c(=O)n4[C@@H]3C[C@H]2C1=O. The van der Waals surface area contributed by atoms with Gasteiger partial charge in [-0.05, 0) is 55.2 Å². The van der Waals surface area contributed by atoms with Crippen molar-refractivity contribution in [2.45, 2.75) is 52.1 Å². The Bertz CT molecular complexity index is 1560. The molecule has 196 valence electrons. The summed E-state index contributed by atoms with van der Waals surface area (Å²) in [6.45, 7) is 4.60. The third-order valence-electron chi connectivity index (χ3n) is 8.17. The van der Waals surface area contributed by atoms with Crippen LogP contribution in [0.1, 0.15) is 44.7 Å². The Kier molecular flexibility index (Phi) is 5.26. The Hall–Kier alpha value is -3.83. The van der Waals surface area contributed by atoms with E-state index in [0.29, 0.717) is 5.57 Å². The van der Waals surface area contributed by atoms with E-state index in [4.69, 9.17) is 0 Å². The molecule has 1 fully saturated rings. The topological polar surface area (TPSA) is 113 Å². The number of ketones is 2. The van der Waals surface area contributed by atoms with Gasteiger partial charge in [-0.25, -0.2) is 23.5 Å².